The average molecular weight is 264 g/mol. The second-order valence-corrected chi connectivity index (χ2v) is 5.86. The summed E-state index contributed by atoms with van der Waals surface area (Å²) < 4.78 is 0. The number of nitrogens with zero attached hydrogens (tertiary/aromatic N) is 2. The Morgan fingerprint density at radius 1 is 1.33 bits per heavy atom. The molecule has 1 aliphatic carbocycles. The Kier molecular flexibility index (Phi) is 5.17. The quantitative estimate of drug-likeness (QED) is 0.310. The van der Waals surface area contributed by atoms with Crippen molar-refractivity contribution in [3.63, 3.8) is 0 Å². The number of aromatic nitrogens is 2. The molecule has 4 heteroatoms. The van der Waals surface area contributed by atoms with E-state index in [1.807, 2.05) is 6.07 Å². The van der Waals surface area contributed by atoms with Gasteiger partial charge in [0, 0.05) is 17.4 Å². The van der Waals surface area contributed by atoms with Crippen molar-refractivity contribution in [2.75, 3.05) is 5.75 Å². The first-order valence-electron chi connectivity index (χ1n) is 6.80. The molecule has 1 fully saturated rings. The highest BCUT2D eigenvalue weighted by Crippen LogP contribution is 2.39. The molecule has 0 N–H and O–H groups in total. The van der Waals surface area contributed by atoms with Crippen molar-refractivity contribution in [2.24, 2.45) is 0 Å². The Hall–Kier alpha value is -0.900. The van der Waals surface area contributed by atoms with Gasteiger partial charge in [-0.2, -0.15) is 0 Å². The van der Waals surface area contributed by atoms with Gasteiger partial charge in [0.05, 0.1) is 0 Å². The third-order valence-electron chi connectivity index (χ3n) is 3.09. The van der Waals surface area contributed by atoms with E-state index in [9.17, 15) is 4.79 Å². The van der Waals surface area contributed by atoms with E-state index in [2.05, 4.69) is 16.9 Å². The van der Waals surface area contributed by atoms with Gasteiger partial charge in [0.15, 0.2) is 11.4 Å². The second kappa shape index (κ2) is 6.88. The molecule has 1 saturated carbocycles. The molecule has 0 atom stereocenters. The van der Waals surface area contributed by atoms with Gasteiger partial charge in [-0.3, -0.25) is 4.79 Å². The van der Waals surface area contributed by atoms with Crippen molar-refractivity contribution in [3.8, 4) is 0 Å². The molecular formula is C14H20N2OS. The summed E-state index contributed by atoms with van der Waals surface area (Å²) in [5.74, 6) is 1.62. The molecule has 0 radical (unpaired) electrons. The summed E-state index contributed by atoms with van der Waals surface area (Å²) in [6.07, 6.45) is 8.26. The maximum absolute atomic E-state index is 10.9. The van der Waals surface area contributed by atoms with Gasteiger partial charge < -0.3 is 0 Å². The molecule has 98 valence electrons. The van der Waals surface area contributed by atoms with Crippen LogP contribution in [-0.4, -0.2) is 22.0 Å². The Bertz CT molecular complexity index is 405. The molecule has 0 bridgehead atoms. The standard InChI is InChI=1S/C14H20N2OS/c1-2-3-4-5-8-18-14-15-12(10-17)9-13(16-14)11-6-7-11/h9-11H,2-8H2,1H3. The zero-order valence-corrected chi connectivity index (χ0v) is 11.7. The Morgan fingerprint density at radius 3 is 2.83 bits per heavy atom. The monoisotopic (exact) mass is 264 g/mol. The van der Waals surface area contributed by atoms with E-state index in [4.69, 9.17) is 0 Å². The molecule has 3 nitrogen and oxygen atoms in total. The number of aldehydes is 1. The Balaban J connectivity index is 1.90. The van der Waals surface area contributed by atoms with E-state index in [0.717, 1.165) is 22.9 Å². The molecule has 0 amide bonds. The molecule has 1 aromatic heterocycles. The third kappa shape index (κ3) is 4.09. The van der Waals surface area contributed by atoms with E-state index < -0.39 is 0 Å². The molecule has 18 heavy (non-hydrogen) atoms. The molecule has 2 rings (SSSR count). The van der Waals surface area contributed by atoms with Crippen molar-refractivity contribution in [1.82, 2.24) is 9.97 Å². The van der Waals surface area contributed by atoms with E-state index in [0.29, 0.717) is 11.6 Å². The number of rotatable bonds is 8. The molecule has 0 aromatic carbocycles. The SMILES string of the molecule is CCCCCCSc1nc(C=O)cc(C2CC2)n1. The van der Waals surface area contributed by atoms with Crippen molar-refractivity contribution in [3.05, 3.63) is 17.5 Å². The molecule has 1 heterocycles. The first-order valence-corrected chi connectivity index (χ1v) is 7.79. The zero-order valence-electron chi connectivity index (χ0n) is 10.9. The van der Waals surface area contributed by atoms with Crippen LogP contribution in [0.25, 0.3) is 0 Å². The van der Waals surface area contributed by atoms with Gasteiger partial charge in [0.1, 0.15) is 5.69 Å². The van der Waals surface area contributed by atoms with E-state index in [-0.39, 0.29) is 0 Å². The fourth-order valence-corrected chi connectivity index (χ4v) is 2.74. The number of hydrogen-bond acceptors (Lipinski definition) is 4. The highest BCUT2D eigenvalue weighted by Gasteiger charge is 2.26. The molecule has 1 aromatic rings. The fourth-order valence-electron chi connectivity index (χ4n) is 1.87. The van der Waals surface area contributed by atoms with Crippen LogP contribution in [0, 0.1) is 0 Å². The van der Waals surface area contributed by atoms with Crippen LogP contribution in [-0.2, 0) is 0 Å². The van der Waals surface area contributed by atoms with Crippen LogP contribution >= 0.6 is 11.8 Å². The number of carbonyl (C=O) groups excluding carboxylic acids is 1. The maximum atomic E-state index is 10.9. The average Bonchev–Trinajstić information content (AvgIpc) is 3.22. The first kappa shape index (κ1) is 13.5. The first-order chi connectivity index (χ1) is 8.83. The molecular weight excluding hydrogens is 244 g/mol. The number of thioether (sulfide) groups is 1. The summed E-state index contributed by atoms with van der Waals surface area (Å²) in [7, 11) is 0. The molecule has 0 spiro atoms. The Morgan fingerprint density at radius 2 is 2.17 bits per heavy atom. The highest BCUT2D eigenvalue weighted by atomic mass is 32.2. The minimum atomic E-state index is 0.531. The zero-order chi connectivity index (χ0) is 12.8. The topological polar surface area (TPSA) is 42.9 Å². The summed E-state index contributed by atoms with van der Waals surface area (Å²) in [4.78, 5) is 19.7. The molecule has 0 aliphatic heterocycles. The van der Waals surface area contributed by atoms with Gasteiger partial charge in [-0.15, -0.1) is 0 Å². The van der Waals surface area contributed by atoms with Crippen LogP contribution in [0.5, 0.6) is 0 Å². The summed E-state index contributed by atoms with van der Waals surface area (Å²) in [5, 5.41) is 0.776. The summed E-state index contributed by atoms with van der Waals surface area (Å²) in [5.41, 5.74) is 1.59. The lowest BCUT2D eigenvalue weighted by atomic mass is 10.2. The van der Waals surface area contributed by atoms with E-state index in [1.54, 1.807) is 11.8 Å². The lowest BCUT2D eigenvalue weighted by molar-refractivity contribution is 0.111. The highest BCUT2D eigenvalue weighted by molar-refractivity contribution is 7.99. The smallest absolute Gasteiger partial charge is 0.188 e. The number of unbranched alkanes of at least 4 members (excludes halogenated alkanes) is 3. The van der Waals surface area contributed by atoms with Crippen LogP contribution in [0.4, 0.5) is 0 Å². The van der Waals surface area contributed by atoms with Crippen LogP contribution in [0.2, 0.25) is 0 Å². The van der Waals surface area contributed by atoms with Crippen molar-refractivity contribution >= 4 is 18.0 Å². The molecule has 1 aliphatic rings. The molecule has 0 unspecified atom stereocenters. The van der Waals surface area contributed by atoms with Gasteiger partial charge in [0.2, 0.25) is 0 Å². The third-order valence-corrected chi connectivity index (χ3v) is 4.02. The van der Waals surface area contributed by atoms with E-state index in [1.165, 1.54) is 38.5 Å². The fraction of sp³-hybridized carbons (Fsp3) is 0.643. The van der Waals surface area contributed by atoms with Gasteiger partial charge in [-0.05, 0) is 25.3 Å². The predicted molar refractivity (Wildman–Crippen MR) is 74.3 cm³/mol. The van der Waals surface area contributed by atoms with E-state index >= 15 is 0 Å². The number of carbonyl (C=O) groups is 1. The van der Waals surface area contributed by atoms with Crippen LogP contribution in [0.15, 0.2) is 11.2 Å². The largest absolute Gasteiger partial charge is 0.296 e. The summed E-state index contributed by atoms with van der Waals surface area (Å²) in [6.45, 7) is 2.21. The summed E-state index contributed by atoms with van der Waals surface area (Å²) >= 11 is 1.68. The van der Waals surface area contributed by atoms with Gasteiger partial charge >= 0.3 is 0 Å². The van der Waals surface area contributed by atoms with Gasteiger partial charge in [0.25, 0.3) is 0 Å². The van der Waals surface area contributed by atoms with Crippen molar-refractivity contribution < 1.29 is 4.79 Å². The van der Waals surface area contributed by atoms with Crippen LogP contribution < -0.4 is 0 Å². The van der Waals surface area contributed by atoms with Gasteiger partial charge in [-0.25, -0.2) is 9.97 Å². The normalized spacial score (nSPS) is 14.7. The predicted octanol–water partition coefficient (Wildman–Crippen LogP) is 3.84. The van der Waals surface area contributed by atoms with Crippen molar-refractivity contribution in [2.45, 2.75) is 56.5 Å². The minimum absolute atomic E-state index is 0.531. The number of hydrogen-bond donors (Lipinski definition) is 0. The van der Waals surface area contributed by atoms with Gasteiger partial charge in [-0.1, -0.05) is 37.9 Å². The Labute approximate surface area is 113 Å². The van der Waals surface area contributed by atoms with Crippen molar-refractivity contribution in [1.29, 1.82) is 0 Å². The molecule has 0 saturated heterocycles. The van der Waals surface area contributed by atoms with Crippen LogP contribution in [0.3, 0.4) is 0 Å². The minimum Gasteiger partial charge on any atom is -0.296 e. The maximum Gasteiger partial charge on any atom is 0.188 e. The lowest BCUT2D eigenvalue weighted by Crippen LogP contribution is -1.98. The van der Waals surface area contributed by atoms with Crippen LogP contribution in [0.1, 0.15) is 67.5 Å². The lowest BCUT2D eigenvalue weighted by Gasteiger charge is -2.04. The second-order valence-electron chi connectivity index (χ2n) is 4.80. The summed E-state index contributed by atoms with van der Waals surface area (Å²) in [6, 6.07) is 1.84.